The fourth-order valence-electron chi connectivity index (χ4n) is 3.70. The number of fused-ring (bicyclic) bond motifs is 1. The molecule has 1 aromatic carbocycles. The highest BCUT2D eigenvalue weighted by molar-refractivity contribution is 5.84. The summed E-state index contributed by atoms with van der Waals surface area (Å²) in [5.74, 6) is 0.137. The van der Waals surface area contributed by atoms with Crippen LogP contribution in [-0.2, 0) is 9.53 Å². The van der Waals surface area contributed by atoms with E-state index in [2.05, 4.69) is 42.8 Å². The molecular formula is C23H32N2O3. The van der Waals surface area contributed by atoms with Crippen LogP contribution in [0, 0.1) is 0 Å². The molecule has 0 heterocycles. The van der Waals surface area contributed by atoms with Gasteiger partial charge in [-0.3, -0.25) is 14.7 Å². The molecule has 0 saturated heterocycles. The first-order valence-electron chi connectivity index (χ1n) is 9.82. The van der Waals surface area contributed by atoms with Gasteiger partial charge in [0.15, 0.2) is 5.90 Å². The lowest BCUT2D eigenvalue weighted by Crippen LogP contribution is -2.35. The molecule has 1 aromatic rings. The molecule has 0 aromatic heterocycles. The van der Waals surface area contributed by atoms with E-state index in [9.17, 15) is 9.90 Å². The first-order chi connectivity index (χ1) is 13.4. The van der Waals surface area contributed by atoms with Gasteiger partial charge in [0, 0.05) is 19.4 Å². The van der Waals surface area contributed by atoms with Crippen molar-refractivity contribution in [2.75, 3.05) is 27.2 Å². The highest BCUT2D eigenvalue weighted by atomic mass is 16.5. The topological polar surface area (TPSA) is 62.1 Å². The van der Waals surface area contributed by atoms with Gasteiger partial charge < -0.3 is 9.84 Å². The van der Waals surface area contributed by atoms with E-state index in [1.165, 1.54) is 22.3 Å². The van der Waals surface area contributed by atoms with Crippen LogP contribution < -0.4 is 0 Å². The van der Waals surface area contributed by atoms with Crippen molar-refractivity contribution in [3.8, 4) is 0 Å². The van der Waals surface area contributed by atoms with Crippen LogP contribution in [0.4, 0.5) is 0 Å². The predicted molar refractivity (Wildman–Crippen MR) is 115 cm³/mol. The van der Waals surface area contributed by atoms with Crippen molar-refractivity contribution < 1.29 is 14.6 Å². The molecule has 0 radical (unpaired) electrons. The van der Waals surface area contributed by atoms with Gasteiger partial charge in [0.25, 0.3) is 0 Å². The van der Waals surface area contributed by atoms with Crippen LogP contribution in [0.3, 0.4) is 0 Å². The molecule has 5 heteroatoms. The minimum Gasteiger partial charge on any atom is -0.480 e. The molecule has 0 saturated carbocycles. The maximum absolute atomic E-state index is 11.2. The molecule has 1 aliphatic rings. The number of allylic oxidation sites excluding steroid dienone is 2. The Bertz CT molecular complexity index is 765. The molecule has 2 atom stereocenters. The second-order valence-electron chi connectivity index (χ2n) is 7.47. The van der Waals surface area contributed by atoms with E-state index in [-0.39, 0.29) is 5.92 Å². The molecule has 0 aliphatic heterocycles. The van der Waals surface area contributed by atoms with Gasteiger partial charge in [0.2, 0.25) is 0 Å². The number of unbranched alkanes of at least 4 members (excludes halogenated alkanes) is 1. The van der Waals surface area contributed by atoms with Crippen LogP contribution in [0.1, 0.15) is 50.2 Å². The third kappa shape index (κ3) is 5.32. The van der Waals surface area contributed by atoms with Gasteiger partial charge in [0.1, 0.15) is 12.6 Å². The van der Waals surface area contributed by atoms with Crippen molar-refractivity contribution in [1.82, 2.24) is 4.90 Å². The lowest BCUT2D eigenvalue weighted by Gasteiger charge is -2.19. The molecule has 1 aliphatic carbocycles. The van der Waals surface area contributed by atoms with Crippen LogP contribution in [-0.4, -0.2) is 55.2 Å². The Labute approximate surface area is 168 Å². The number of hydrogen-bond donors (Lipinski definition) is 1. The maximum atomic E-state index is 11.2. The molecular weight excluding hydrogens is 352 g/mol. The number of likely N-dealkylation sites (N-methyl/N-ethyl adjacent to an activating group) is 1. The summed E-state index contributed by atoms with van der Waals surface area (Å²) in [7, 11) is 3.59. The fourth-order valence-corrected chi connectivity index (χ4v) is 3.70. The molecule has 1 N–H and O–H groups in total. The predicted octanol–water partition coefficient (Wildman–Crippen LogP) is 4.36. The number of ether oxygens (including phenoxy) is 1. The van der Waals surface area contributed by atoms with E-state index >= 15 is 0 Å². The van der Waals surface area contributed by atoms with Crippen molar-refractivity contribution >= 4 is 17.4 Å². The largest absolute Gasteiger partial charge is 0.480 e. The van der Waals surface area contributed by atoms with Gasteiger partial charge in [-0.15, -0.1) is 0 Å². The van der Waals surface area contributed by atoms with Gasteiger partial charge in [-0.25, -0.2) is 0 Å². The van der Waals surface area contributed by atoms with Crippen molar-refractivity contribution in [3.63, 3.8) is 0 Å². The number of benzene rings is 1. The number of carboxylic acids is 1. The molecule has 28 heavy (non-hydrogen) atoms. The summed E-state index contributed by atoms with van der Waals surface area (Å²) in [6.07, 6.45) is 4.23. The average molecular weight is 385 g/mol. The molecule has 2 unspecified atom stereocenters. The summed E-state index contributed by atoms with van der Waals surface area (Å²) in [5, 5.41) is 9.19. The van der Waals surface area contributed by atoms with E-state index in [0.717, 1.165) is 12.8 Å². The summed E-state index contributed by atoms with van der Waals surface area (Å²) in [4.78, 5) is 17.4. The number of aliphatic imine (C=N–C) groups is 1. The molecule has 5 nitrogen and oxygen atoms in total. The molecule has 0 fully saturated rings. The van der Waals surface area contributed by atoms with E-state index in [1.807, 2.05) is 13.0 Å². The Morgan fingerprint density at radius 3 is 2.71 bits per heavy atom. The van der Waals surface area contributed by atoms with E-state index in [4.69, 9.17) is 4.74 Å². The summed E-state index contributed by atoms with van der Waals surface area (Å²) in [5.41, 5.74) is 5.01. The Morgan fingerprint density at radius 2 is 2.07 bits per heavy atom. The number of rotatable bonds is 10. The molecule has 2 rings (SSSR count). The highest BCUT2D eigenvalue weighted by Crippen LogP contribution is 2.42. The summed E-state index contributed by atoms with van der Waals surface area (Å²) >= 11 is 0. The van der Waals surface area contributed by atoms with Gasteiger partial charge in [-0.2, -0.15) is 0 Å². The zero-order chi connectivity index (χ0) is 20.7. The lowest BCUT2D eigenvalue weighted by molar-refractivity contribution is -0.142. The summed E-state index contributed by atoms with van der Waals surface area (Å²) in [6, 6.07) is 7.97. The second kappa shape index (κ2) is 10.2. The molecule has 0 spiro atoms. The minimum absolute atomic E-state index is 0.228. The fraction of sp³-hybridized carbons (Fsp3) is 0.478. The molecule has 0 amide bonds. The Kier molecular flexibility index (Phi) is 8.00. The number of carbonyl (C=O) groups is 1. The zero-order valence-corrected chi connectivity index (χ0v) is 17.4. The third-order valence-corrected chi connectivity index (χ3v) is 5.37. The smallest absolute Gasteiger partial charge is 0.320 e. The van der Waals surface area contributed by atoms with Gasteiger partial charge in [-0.1, -0.05) is 42.5 Å². The number of nitrogens with zero attached hydrogens (tertiary/aromatic N) is 2. The second-order valence-corrected chi connectivity index (χ2v) is 7.47. The molecule has 0 bridgehead atoms. The average Bonchev–Trinajstić information content (AvgIpc) is 2.92. The minimum atomic E-state index is -0.771. The SMILES string of the molecule is C=CC1=C(C)C(COC(C)=NCCCCC(C(=O)O)N(C)C)c2ccccc21. The number of carboxylic acid groups (broad SMARTS) is 1. The van der Waals surface area contributed by atoms with Crippen molar-refractivity contribution in [1.29, 1.82) is 0 Å². The van der Waals surface area contributed by atoms with Crippen LogP contribution in [0.5, 0.6) is 0 Å². The zero-order valence-electron chi connectivity index (χ0n) is 17.4. The number of aliphatic carboxylic acids is 1. The van der Waals surface area contributed by atoms with Crippen molar-refractivity contribution in [2.24, 2.45) is 4.99 Å². The monoisotopic (exact) mass is 384 g/mol. The summed E-state index contributed by atoms with van der Waals surface area (Å²) in [6.45, 7) is 9.19. The Balaban J connectivity index is 1.82. The van der Waals surface area contributed by atoms with Gasteiger partial charge in [-0.05, 0) is 57.0 Å². The highest BCUT2D eigenvalue weighted by Gasteiger charge is 2.27. The van der Waals surface area contributed by atoms with Crippen molar-refractivity contribution in [2.45, 2.75) is 45.1 Å². The molecule has 152 valence electrons. The lowest BCUT2D eigenvalue weighted by atomic mass is 9.98. The Hall–Kier alpha value is -2.40. The Morgan fingerprint density at radius 1 is 1.36 bits per heavy atom. The van der Waals surface area contributed by atoms with Gasteiger partial charge >= 0.3 is 5.97 Å². The standard InChI is InChI=1S/C23H32N2O3/c1-6-18-16(2)21(20-12-8-7-11-19(18)20)15-28-17(3)24-14-10-9-13-22(23(26)27)25(4)5/h6-8,11-12,21-22H,1,9-10,13-15H2,2-5H3,(H,26,27). The normalized spacial score (nSPS) is 17.6. The quantitative estimate of drug-likeness (QED) is 0.370. The van der Waals surface area contributed by atoms with E-state index in [0.29, 0.717) is 25.5 Å². The number of hydrogen-bond acceptors (Lipinski definition) is 4. The maximum Gasteiger partial charge on any atom is 0.320 e. The first-order valence-corrected chi connectivity index (χ1v) is 9.82. The van der Waals surface area contributed by atoms with Crippen LogP contribution >= 0.6 is 0 Å². The van der Waals surface area contributed by atoms with Crippen LogP contribution in [0.2, 0.25) is 0 Å². The first kappa shape index (κ1) is 21.9. The van der Waals surface area contributed by atoms with E-state index in [1.54, 1.807) is 19.0 Å². The van der Waals surface area contributed by atoms with Crippen LogP contribution in [0.25, 0.3) is 5.57 Å². The van der Waals surface area contributed by atoms with Crippen LogP contribution in [0.15, 0.2) is 47.5 Å². The summed E-state index contributed by atoms with van der Waals surface area (Å²) < 4.78 is 5.93. The van der Waals surface area contributed by atoms with Crippen molar-refractivity contribution in [3.05, 3.63) is 53.6 Å². The third-order valence-electron chi connectivity index (χ3n) is 5.37. The van der Waals surface area contributed by atoms with Gasteiger partial charge in [0.05, 0.1) is 0 Å². The van der Waals surface area contributed by atoms with E-state index < -0.39 is 12.0 Å².